The van der Waals surface area contributed by atoms with Gasteiger partial charge in [-0.25, -0.2) is 9.78 Å². The number of aromatic nitrogens is 1. The van der Waals surface area contributed by atoms with E-state index in [0.717, 1.165) is 28.5 Å². The summed E-state index contributed by atoms with van der Waals surface area (Å²) in [5, 5.41) is 4.61. The summed E-state index contributed by atoms with van der Waals surface area (Å²) in [6.45, 7) is 8.07. The summed E-state index contributed by atoms with van der Waals surface area (Å²) in [4.78, 5) is 19.2. The third-order valence-corrected chi connectivity index (χ3v) is 4.95. The maximum Gasteiger partial charge on any atom is 0.414 e. The van der Waals surface area contributed by atoms with E-state index in [2.05, 4.69) is 30.2 Å². The molecule has 0 saturated carbocycles. The topological polar surface area (TPSA) is 54.5 Å². The Bertz CT molecular complexity index is 714. The second-order valence-corrected chi connectivity index (χ2v) is 7.11. The number of anilines is 1. The van der Waals surface area contributed by atoms with Crippen LogP contribution < -0.4 is 10.2 Å². The van der Waals surface area contributed by atoms with Crippen LogP contribution in [0.5, 0.6) is 0 Å². The number of cyclic esters (lactones) is 1. The summed E-state index contributed by atoms with van der Waals surface area (Å²) in [6, 6.07) is 8.21. The molecule has 122 valence electrons. The number of aryl methyl sites for hydroxylation is 2. The van der Waals surface area contributed by atoms with Crippen LogP contribution in [0.2, 0.25) is 0 Å². The van der Waals surface area contributed by atoms with Crippen molar-refractivity contribution >= 4 is 23.1 Å². The van der Waals surface area contributed by atoms with Gasteiger partial charge in [0, 0.05) is 23.2 Å². The highest BCUT2D eigenvalue weighted by atomic mass is 32.1. The van der Waals surface area contributed by atoms with Crippen molar-refractivity contribution in [2.75, 3.05) is 18.1 Å². The SMILES string of the molecule is Cc1nc(CN[C@H](C)c2cccc(N3CCOC3=O)c2)c(C)s1. The van der Waals surface area contributed by atoms with Gasteiger partial charge in [0.05, 0.1) is 17.2 Å². The molecule has 23 heavy (non-hydrogen) atoms. The number of carbonyl (C=O) groups is 1. The van der Waals surface area contributed by atoms with Gasteiger partial charge < -0.3 is 10.1 Å². The van der Waals surface area contributed by atoms with E-state index in [4.69, 9.17) is 4.74 Å². The van der Waals surface area contributed by atoms with Crippen LogP contribution in [0.1, 0.15) is 34.1 Å². The molecule has 2 heterocycles. The third-order valence-electron chi connectivity index (χ3n) is 4.02. The first-order valence-electron chi connectivity index (χ1n) is 7.75. The lowest BCUT2D eigenvalue weighted by atomic mass is 10.1. The summed E-state index contributed by atoms with van der Waals surface area (Å²) >= 11 is 1.73. The van der Waals surface area contributed by atoms with Crippen LogP contribution >= 0.6 is 11.3 Å². The molecule has 1 aromatic carbocycles. The molecule has 1 saturated heterocycles. The lowest BCUT2D eigenvalue weighted by molar-refractivity contribution is 0.181. The standard InChI is InChI=1S/C17H21N3O2S/c1-11(18-10-16-12(2)23-13(3)19-16)14-5-4-6-15(9-14)20-7-8-22-17(20)21/h4-6,9,11,18H,7-8,10H2,1-3H3/t11-/m1/s1. The third kappa shape index (κ3) is 3.54. The molecule has 1 amide bonds. The van der Waals surface area contributed by atoms with E-state index in [1.54, 1.807) is 16.2 Å². The number of thiazole rings is 1. The molecule has 6 heteroatoms. The smallest absolute Gasteiger partial charge is 0.414 e. The van der Waals surface area contributed by atoms with E-state index >= 15 is 0 Å². The van der Waals surface area contributed by atoms with Crippen molar-refractivity contribution in [1.82, 2.24) is 10.3 Å². The number of ether oxygens (including phenoxy) is 1. The predicted octanol–water partition coefficient (Wildman–Crippen LogP) is 3.57. The number of hydrogen-bond donors (Lipinski definition) is 1. The quantitative estimate of drug-likeness (QED) is 0.910. The Balaban J connectivity index is 1.68. The number of benzene rings is 1. The first-order valence-corrected chi connectivity index (χ1v) is 8.57. The fraction of sp³-hybridized carbons (Fsp3) is 0.412. The number of hydrogen-bond acceptors (Lipinski definition) is 5. The molecule has 1 aliphatic heterocycles. The van der Waals surface area contributed by atoms with Gasteiger partial charge in [-0.05, 0) is 38.5 Å². The molecule has 2 aromatic rings. The molecule has 0 aliphatic carbocycles. The molecule has 3 rings (SSSR count). The van der Waals surface area contributed by atoms with Crippen LogP contribution in [0.4, 0.5) is 10.5 Å². The van der Waals surface area contributed by atoms with Crippen molar-refractivity contribution in [1.29, 1.82) is 0 Å². The summed E-state index contributed by atoms with van der Waals surface area (Å²) < 4.78 is 5.01. The van der Waals surface area contributed by atoms with Gasteiger partial charge in [0.1, 0.15) is 6.61 Å². The van der Waals surface area contributed by atoms with E-state index in [1.807, 2.05) is 25.1 Å². The summed E-state index contributed by atoms with van der Waals surface area (Å²) in [5.41, 5.74) is 3.14. The summed E-state index contributed by atoms with van der Waals surface area (Å²) in [7, 11) is 0. The molecule has 0 unspecified atom stereocenters. The Labute approximate surface area is 140 Å². The monoisotopic (exact) mass is 331 g/mol. The van der Waals surface area contributed by atoms with Crippen LogP contribution in [-0.4, -0.2) is 24.2 Å². The molecular formula is C17H21N3O2S. The van der Waals surface area contributed by atoms with E-state index in [0.29, 0.717) is 13.2 Å². The molecule has 0 bridgehead atoms. The lowest BCUT2D eigenvalue weighted by Gasteiger charge is -2.18. The number of carbonyl (C=O) groups excluding carboxylic acids is 1. The highest BCUT2D eigenvalue weighted by Gasteiger charge is 2.23. The Morgan fingerprint density at radius 1 is 1.43 bits per heavy atom. The van der Waals surface area contributed by atoms with Gasteiger partial charge >= 0.3 is 6.09 Å². The zero-order valence-corrected chi connectivity index (χ0v) is 14.4. The Morgan fingerprint density at radius 3 is 2.91 bits per heavy atom. The minimum absolute atomic E-state index is 0.176. The number of rotatable bonds is 5. The molecule has 5 nitrogen and oxygen atoms in total. The second kappa shape index (κ2) is 6.68. The fourth-order valence-corrected chi connectivity index (χ4v) is 3.53. The van der Waals surface area contributed by atoms with Gasteiger partial charge in [-0.3, -0.25) is 4.90 Å². The minimum atomic E-state index is -0.267. The van der Waals surface area contributed by atoms with E-state index in [1.165, 1.54) is 4.88 Å². The van der Waals surface area contributed by atoms with Crippen LogP contribution in [0.3, 0.4) is 0 Å². The maximum absolute atomic E-state index is 11.7. The number of amides is 1. The molecular weight excluding hydrogens is 310 g/mol. The van der Waals surface area contributed by atoms with E-state index < -0.39 is 0 Å². The van der Waals surface area contributed by atoms with Crippen molar-refractivity contribution in [3.8, 4) is 0 Å². The molecule has 0 spiro atoms. The first-order chi connectivity index (χ1) is 11.0. The van der Waals surface area contributed by atoms with Crippen LogP contribution in [0, 0.1) is 13.8 Å². The van der Waals surface area contributed by atoms with Gasteiger partial charge in [0.2, 0.25) is 0 Å². The van der Waals surface area contributed by atoms with Gasteiger partial charge in [-0.1, -0.05) is 12.1 Å². The zero-order chi connectivity index (χ0) is 16.4. The van der Waals surface area contributed by atoms with E-state index in [-0.39, 0.29) is 12.1 Å². The van der Waals surface area contributed by atoms with Crippen molar-refractivity contribution in [2.45, 2.75) is 33.4 Å². The molecule has 1 aromatic heterocycles. The lowest BCUT2D eigenvalue weighted by Crippen LogP contribution is -2.24. The Morgan fingerprint density at radius 2 is 2.26 bits per heavy atom. The Hall–Kier alpha value is -1.92. The average Bonchev–Trinajstić information content (AvgIpc) is 3.10. The largest absolute Gasteiger partial charge is 0.447 e. The molecule has 1 N–H and O–H groups in total. The van der Waals surface area contributed by atoms with Crippen LogP contribution in [0.15, 0.2) is 24.3 Å². The first kappa shape index (κ1) is 16.0. The summed E-state index contributed by atoms with van der Waals surface area (Å²) in [5.74, 6) is 0. The molecule has 1 aliphatic rings. The highest BCUT2D eigenvalue weighted by molar-refractivity contribution is 7.11. The maximum atomic E-state index is 11.7. The zero-order valence-electron chi connectivity index (χ0n) is 13.6. The van der Waals surface area contributed by atoms with Crippen LogP contribution in [-0.2, 0) is 11.3 Å². The van der Waals surface area contributed by atoms with Gasteiger partial charge in [0.25, 0.3) is 0 Å². The molecule has 1 fully saturated rings. The summed E-state index contributed by atoms with van der Waals surface area (Å²) in [6.07, 6.45) is -0.267. The normalized spacial score (nSPS) is 15.8. The van der Waals surface area contributed by atoms with Crippen molar-refractivity contribution in [3.05, 3.63) is 45.4 Å². The minimum Gasteiger partial charge on any atom is -0.447 e. The number of nitrogens with zero attached hydrogens (tertiary/aromatic N) is 2. The second-order valence-electron chi connectivity index (χ2n) is 5.70. The van der Waals surface area contributed by atoms with Gasteiger partial charge in [-0.15, -0.1) is 11.3 Å². The number of nitrogens with one attached hydrogen (secondary N) is 1. The van der Waals surface area contributed by atoms with E-state index in [9.17, 15) is 4.79 Å². The Kier molecular flexibility index (Phi) is 4.63. The predicted molar refractivity (Wildman–Crippen MR) is 92.0 cm³/mol. The van der Waals surface area contributed by atoms with Crippen LogP contribution in [0.25, 0.3) is 0 Å². The highest BCUT2D eigenvalue weighted by Crippen LogP contribution is 2.24. The van der Waals surface area contributed by atoms with Gasteiger partial charge in [-0.2, -0.15) is 0 Å². The molecule has 1 atom stereocenters. The average molecular weight is 331 g/mol. The van der Waals surface area contributed by atoms with Crippen molar-refractivity contribution < 1.29 is 9.53 Å². The molecule has 0 radical (unpaired) electrons. The fourth-order valence-electron chi connectivity index (χ4n) is 2.69. The van der Waals surface area contributed by atoms with Crippen molar-refractivity contribution in [3.63, 3.8) is 0 Å². The van der Waals surface area contributed by atoms with Crippen molar-refractivity contribution in [2.24, 2.45) is 0 Å². The van der Waals surface area contributed by atoms with Gasteiger partial charge in [0.15, 0.2) is 0 Å².